The molecule has 0 saturated carbocycles. The monoisotopic (exact) mass is 362 g/mol. The lowest BCUT2D eigenvalue weighted by atomic mass is 10.0. The molecule has 0 N–H and O–H groups in total. The average molecular weight is 364 g/mol. The Labute approximate surface area is 130 Å². The SMILES string of the molecule is Cc1ccc(C(Cl)c2cc(Cl)ccc2Cl)c(Br)c1. The van der Waals surface area contributed by atoms with Gasteiger partial charge in [0.1, 0.15) is 0 Å². The molecule has 1 unspecified atom stereocenters. The summed E-state index contributed by atoms with van der Waals surface area (Å²) >= 11 is 22.2. The third-order valence-corrected chi connectivity index (χ3v) is 4.40. The Morgan fingerprint density at radius 1 is 1.00 bits per heavy atom. The fraction of sp³-hybridized carbons (Fsp3) is 0.143. The topological polar surface area (TPSA) is 0 Å². The van der Waals surface area contributed by atoms with Crippen molar-refractivity contribution in [2.45, 2.75) is 12.3 Å². The minimum absolute atomic E-state index is 0.328. The molecular weight excluding hydrogens is 354 g/mol. The maximum atomic E-state index is 6.49. The molecule has 18 heavy (non-hydrogen) atoms. The minimum Gasteiger partial charge on any atom is -0.112 e. The summed E-state index contributed by atoms with van der Waals surface area (Å²) in [6.07, 6.45) is 0. The van der Waals surface area contributed by atoms with Crippen molar-refractivity contribution in [3.63, 3.8) is 0 Å². The molecule has 0 fully saturated rings. The lowest BCUT2D eigenvalue weighted by Gasteiger charge is -2.14. The van der Waals surface area contributed by atoms with E-state index in [9.17, 15) is 0 Å². The molecule has 2 rings (SSSR count). The zero-order valence-corrected chi connectivity index (χ0v) is 13.4. The molecule has 0 radical (unpaired) electrons. The summed E-state index contributed by atoms with van der Waals surface area (Å²) in [4.78, 5) is 0. The van der Waals surface area contributed by atoms with E-state index in [0.29, 0.717) is 10.0 Å². The fourth-order valence-corrected chi connectivity index (χ4v) is 3.40. The second-order valence-corrected chi connectivity index (χ2v) is 6.19. The first kappa shape index (κ1) is 14.2. The Kier molecular flexibility index (Phi) is 4.60. The van der Waals surface area contributed by atoms with Crippen molar-refractivity contribution in [1.29, 1.82) is 0 Å². The van der Waals surface area contributed by atoms with Gasteiger partial charge in [-0.05, 0) is 47.9 Å². The van der Waals surface area contributed by atoms with Crippen molar-refractivity contribution in [1.82, 2.24) is 0 Å². The number of hydrogen-bond donors (Lipinski definition) is 0. The lowest BCUT2D eigenvalue weighted by molar-refractivity contribution is 1.12. The van der Waals surface area contributed by atoms with E-state index in [2.05, 4.69) is 15.9 Å². The summed E-state index contributed by atoms with van der Waals surface area (Å²) in [6.45, 7) is 2.03. The van der Waals surface area contributed by atoms with Crippen molar-refractivity contribution in [3.05, 3.63) is 67.6 Å². The molecule has 0 bridgehead atoms. The van der Waals surface area contributed by atoms with E-state index in [1.54, 1.807) is 18.2 Å². The third kappa shape index (κ3) is 3.03. The molecule has 1 atom stereocenters. The molecule has 2 aromatic carbocycles. The Balaban J connectivity index is 2.47. The van der Waals surface area contributed by atoms with Crippen LogP contribution in [0, 0.1) is 6.92 Å². The minimum atomic E-state index is -0.328. The van der Waals surface area contributed by atoms with E-state index in [1.807, 2.05) is 25.1 Å². The van der Waals surface area contributed by atoms with Gasteiger partial charge >= 0.3 is 0 Å². The van der Waals surface area contributed by atoms with Gasteiger partial charge in [0.2, 0.25) is 0 Å². The zero-order valence-electron chi connectivity index (χ0n) is 9.55. The highest BCUT2D eigenvalue weighted by molar-refractivity contribution is 9.10. The summed E-state index contributed by atoms with van der Waals surface area (Å²) in [5.41, 5.74) is 2.97. The highest BCUT2D eigenvalue weighted by Crippen LogP contribution is 2.38. The van der Waals surface area contributed by atoms with Crippen LogP contribution in [0.3, 0.4) is 0 Å². The van der Waals surface area contributed by atoms with Crippen LogP contribution in [0.2, 0.25) is 10.0 Å². The smallest absolute Gasteiger partial charge is 0.0861 e. The molecule has 0 aliphatic rings. The van der Waals surface area contributed by atoms with E-state index < -0.39 is 0 Å². The summed E-state index contributed by atoms with van der Waals surface area (Å²) in [5, 5.41) is 0.918. The molecule has 0 nitrogen and oxygen atoms in total. The second-order valence-electron chi connectivity index (χ2n) is 4.05. The number of rotatable bonds is 2. The molecule has 4 heteroatoms. The predicted molar refractivity (Wildman–Crippen MR) is 83.0 cm³/mol. The highest BCUT2D eigenvalue weighted by Gasteiger charge is 2.17. The molecule has 0 aliphatic heterocycles. The van der Waals surface area contributed by atoms with Crippen LogP contribution in [-0.4, -0.2) is 0 Å². The van der Waals surface area contributed by atoms with E-state index in [1.165, 1.54) is 5.56 Å². The second kappa shape index (κ2) is 5.83. The van der Waals surface area contributed by atoms with Gasteiger partial charge in [0.15, 0.2) is 0 Å². The number of aryl methyl sites for hydroxylation is 1. The Hall–Kier alpha value is -0.210. The van der Waals surface area contributed by atoms with Crippen LogP contribution >= 0.6 is 50.7 Å². The van der Waals surface area contributed by atoms with Crippen molar-refractivity contribution in [3.8, 4) is 0 Å². The normalized spacial score (nSPS) is 12.5. The average Bonchev–Trinajstić information content (AvgIpc) is 2.31. The first-order valence-electron chi connectivity index (χ1n) is 5.34. The van der Waals surface area contributed by atoms with E-state index in [4.69, 9.17) is 34.8 Å². The van der Waals surface area contributed by atoms with Crippen LogP contribution in [0.4, 0.5) is 0 Å². The standard InChI is InChI=1S/C14H10BrCl3/c1-8-2-4-10(12(15)6-8)14(18)11-7-9(16)3-5-13(11)17/h2-7,14H,1H3. The van der Waals surface area contributed by atoms with Crippen LogP contribution in [0.5, 0.6) is 0 Å². The van der Waals surface area contributed by atoms with E-state index in [0.717, 1.165) is 15.6 Å². The largest absolute Gasteiger partial charge is 0.112 e. The molecular formula is C14H10BrCl3. The number of halogens is 4. The highest BCUT2D eigenvalue weighted by atomic mass is 79.9. The van der Waals surface area contributed by atoms with E-state index >= 15 is 0 Å². The van der Waals surface area contributed by atoms with Gasteiger partial charge in [0.25, 0.3) is 0 Å². The third-order valence-electron chi connectivity index (χ3n) is 2.66. The van der Waals surface area contributed by atoms with Gasteiger partial charge in [-0.1, -0.05) is 51.3 Å². The van der Waals surface area contributed by atoms with Crippen LogP contribution in [0.15, 0.2) is 40.9 Å². The number of hydrogen-bond acceptors (Lipinski definition) is 0. The summed E-state index contributed by atoms with van der Waals surface area (Å²) in [7, 11) is 0. The van der Waals surface area contributed by atoms with Crippen LogP contribution < -0.4 is 0 Å². The van der Waals surface area contributed by atoms with Crippen LogP contribution in [0.25, 0.3) is 0 Å². The maximum Gasteiger partial charge on any atom is 0.0861 e. The van der Waals surface area contributed by atoms with Crippen molar-refractivity contribution in [2.75, 3.05) is 0 Å². The Morgan fingerprint density at radius 3 is 2.39 bits per heavy atom. The van der Waals surface area contributed by atoms with Gasteiger partial charge in [-0.2, -0.15) is 0 Å². The van der Waals surface area contributed by atoms with Gasteiger partial charge in [-0.15, -0.1) is 11.6 Å². The lowest BCUT2D eigenvalue weighted by Crippen LogP contribution is -1.96. The quantitative estimate of drug-likeness (QED) is 0.541. The van der Waals surface area contributed by atoms with Crippen molar-refractivity contribution >= 4 is 50.7 Å². The van der Waals surface area contributed by atoms with Gasteiger partial charge in [-0.3, -0.25) is 0 Å². The molecule has 94 valence electrons. The molecule has 0 aromatic heterocycles. The Morgan fingerprint density at radius 2 is 1.72 bits per heavy atom. The maximum absolute atomic E-state index is 6.49. The fourth-order valence-electron chi connectivity index (χ4n) is 1.71. The predicted octanol–water partition coefficient (Wildman–Crippen LogP) is 6.39. The van der Waals surface area contributed by atoms with Crippen LogP contribution in [0.1, 0.15) is 22.1 Å². The number of alkyl halides is 1. The summed E-state index contributed by atoms with van der Waals surface area (Å²) in [5.74, 6) is 0. The first-order chi connectivity index (χ1) is 8.49. The Bertz CT molecular complexity index is 581. The molecule has 0 heterocycles. The van der Waals surface area contributed by atoms with Gasteiger partial charge in [-0.25, -0.2) is 0 Å². The zero-order chi connectivity index (χ0) is 13.3. The van der Waals surface area contributed by atoms with Gasteiger partial charge in [0.05, 0.1) is 5.38 Å². The molecule has 0 saturated heterocycles. The molecule has 0 aliphatic carbocycles. The molecule has 0 spiro atoms. The van der Waals surface area contributed by atoms with Crippen LogP contribution in [-0.2, 0) is 0 Å². The molecule has 2 aromatic rings. The van der Waals surface area contributed by atoms with Crippen molar-refractivity contribution < 1.29 is 0 Å². The first-order valence-corrected chi connectivity index (χ1v) is 7.32. The number of benzene rings is 2. The van der Waals surface area contributed by atoms with Crippen molar-refractivity contribution in [2.24, 2.45) is 0 Å². The summed E-state index contributed by atoms with van der Waals surface area (Å²) < 4.78 is 0.971. The van der Waals surface area contributed by atoms with Gasteiger partial charge in [0, 0.05) is 14.5 Å². The van der Waals surface area contributed by atoms with E-state index in [-0.39, 0.29) is 5.38 Å². The summed E-state index contributed by atoms with van der Waals surface area (Å²) in [6, 6.07) is 11.4. The molecule has 0 amide bonds. The van der Waals surface area contributed by atoms with Gasteiger partial charge < -0.3 is 0 Å².